The smallest absolute Gasteiger partial charge is 0.330 e. The molecule has 1 aromatic rings. The van der Waals surface area contributed by atoms with E-state index in [9.17, 15) is 29.1 Å². The molecule has 2 amide bonds. The van der Waals surface area contributed by atoms with E-state index in [1.54, 1.807) is 36.4 Å². The van der Waals surface area contributed by atoms with Gasteiger partial charge in [-0.25, -0.2) is 14.2 Å². The van der Waals surface area contributed by atoms with Gasteiger partial charge in [0.2, 0.25) is 23.3 Å². The van der Waals surface area contributed by atoms with Crippen LogP contribution in [0.2, 0.25) is 0 Å². The van der Waals surface area contributed by atoms with Crippen LogP contribution >= 0.6 is 0 Å². The number of benzene rings is 1. The fourth-order valence-corrected chi connectivity index (χ4v) is 6.21. The second kappa shape index (κ2) is 21.9. The average molecular weight is 744 g/mol. The van der Waals surface area contributed by atoms with Crippen LogP contribution in [0.5, 0.6) is 0 Å². The SMILES string of the molecule is C=CC(=O)OCCN(CCCCCC)c1ccc(C2=C(O)/C(=C3C=C/C(=[N+](/CCCCCC)CCOC(=O)C=C)C=C/3NC(C)=O)C2=O)c(NC(C)=O)c1. The Morgan fingerprint density at radius 3 is 2.07 bits per heavy atom. The molecule has 0 aliphatic heterocycles. The highest BCUT2D eigenvalue weighted by Crippen LogP contribution is 2.43. The maximum Gasteiger partial charge on any atom is 0.330 e. The Kier molecular flexibility index (Phi) is 17.4. The summed E-state index contributed by atoms with van der Waals surface area (Å²) in [6.07, 6.45) is 15.6. The number of ketones is 1. The lowest BCUT2D eigenvalue weighted by Gasteiger charge is -2.29. The molecule has 3 rings (SSSR count). The van der Waals surface area contributed by atoms with Gasteiger partial charge in [0.05, 0.1) is 29.1 Å². The molecule has 2 aliphatic rings. The molecule has 0 aromatic heterocycles. The summed E-state index contributed by atoms with van der Waals surface area (Å²) >= 11 is 0. The van der Waals surface area contributed by atoms with E-state index in [0.29, 0.717) is 48.7 Å². The van der Waals surface area contributed by atoms with E-state index in [2.05, 4.69) is 37.6 Å². The van der Waals surface area contributed by atoms with Gasteiger partial charge < -0.3 is 30.1 Å². The number of unbranched alkanes of at least 4 members (excludes halogenated alkanes) is 6. The van der Waals surface area contributed by atoms with E-state index in [1.165, 1.54) is 13.8 Å². The molecule has 0 saturated heterocycles. The predicted octanol–water partition coefficient (Wildman–Crippen LogP) is 6.26. The Bertz CT molecular complexity index is 1760. The molecule has 0 saturated carbocycles. The first-order valence-corrected chi connectivity index (χ1v) is 18.7. The van der Waals surface area contributed by atoms with Crippen LogP contribution in [-0.2, 0) is 33.4 Å². The number of amides is 2. The second-order valence-corrected chi connectivity index (χ2v) is 13.1. The summed E-state index contributed by atoms with van der Waals surface area (Å²) in [5, 5.41) is 17.1. The summed E-state index contributed by atoms with van der Waals surface area (Å²) in [6.45, 7) is 16.3. The minimum atomic E-state index is -0.518. The van der Waals surface area contributed by atoms with Crippen molar-refractivity contribution in [2.45, 2.75) is 79.1 Å². The first-order valence-electron chi connectivity index (χ1n) is 18.7. The monoisotopic (exact) mass is 743 g/mol. The highest BCUT2D eigenvalue weighted by atomic mass is 16.5. The van der Waals surface area contributed by atoms with E-state index in [-0.39, 0.29) is 41.9 Å². The van der Waals surface area contributed by atoms with Gasteiger partial charge in [-0.3, -0.25) is 14.4 Å². The number of hydrogen-bond acceptors (Lipinski definition) is 9. The molecule has 0 bridgehead atoms. The highest BCUT2D eigenvalue weighted by Gasteiger charge is 2.39. The van der Waals surface area contributed by atoms with Crippen LogP contribution in [0.15, 0.2) is 84.3 Å². The molecule has 3 N–H and O–H groups in total. The van der Waals surface area contributed by atoms with E-state index in [4.69, 9.17) is 9.47 Å². The molecule has 0 heterocycles. The Morgan fingerprint density at radius 2 is 1.46 bits per heavy atom. The minimum absolute atomic E-state index is 0.0362. The quantitative estimate of drug-likeness (QED) is 0.0540. The van der Waals surface area contributed by atoms with Crippen molar-refractivity contribution in [2.24, 2.45) is 0 Å². The molecule has 0 unspecified atom stereocenters. The number of allylic oxidation sites excluding steroid dienone is 5. The topological polar surface area (TPSA) is 154 Å². The average Bonchev–Trinajstić information content (AvgIpc) is 3.14. The Hall–Kier alpha value is -5.52. The number of esters is 2. The number of hydrogen-bond donors (Lipinski definition) is 3. The Labute approximate surface area is 318 Å². The van der Waals surface area contributed by atoms with Crippen molar-refractivity contribution >= 4 is 52.2 Å². The summed E-state index contributed by atoms with van der Waals surface area (Å²) < 4.78 is 12.5. The number of nitrogens with one attached hydrogen (secondary N) is 2. The predicted molar refractivity (Wildman–Crippen MR) is 211 cm³/mol. The number of carbonyl (C=O) groups is 5. The summed E-state index contributed by atoms with van der Waals surface area (Å²) in [7, 11) is 0. The second-order valence-electron chi connectivity index (χ2n) is 13.1. The summed E-state index contributed by atoms with van der Waals surface area (Å²) in [5.41, 5.74) is 2.91. The van der Waals surface area contributed by atoms with Crippen LogP contribution in [0, 0.1) is 0 Å². The molecule has 0 atom stereocenters. The van der Waals surface area contributed by atoms with Crippen LogP contribution < -0.4 is 15.5 Å². The molecule has 12 nitrogen and oxygen atoms in total. The van der Waals surface area contributed by atoms with E-state index in [1.807, 2.05) is 9.48 Å². The van der Waals surface area contributed by atoms with Crippen molar-refractivity contribution < 1.29 is 43.1 Å². The standard InChI is InChI=1S/C42H54N4O8/c1-7-11-13-15-21-45(23-25-53-37(49)9-3)31-17-19-33(35(27-31)43-29(5)47)39-41(51)40(42(39)52)34-20-18-32(28-36(34)44-30(6)48)46(22-16-14-12-8-2)24-26-54-38(50)10-4/h9-10,17-20,27-28H,3-4,7-8,11-16,21-26H2,1-2,5-6H3,(H2,43,44,47,48,51,52)/p+1. The van der Waals surface area contributed by atoms with Gasteiger partial charge in [0, 0.05) is 67.9 Å². The Balaban J connectivity index is 2.05. The first-order chi connectivity index (χ1) is 25.9. The van der Waals surface area contributed by atoms with Gasteiger partial charge in [0.15, 0.2) is 6.54 Å². The molecule has 1 aromatic carbocycles. The molecular formula is C42H55N4O8+. The molecule has 0 spiro atoms. The normalized spacial score (nSPS) is 15.9. The lowest BCUT2D eigenvalue weighted by molar-refractivity contribution is -0.529. The number of Topliss-reactive ketones (excluding diaryl/α,β-unsaturated/α-hetero) is 1. The molecule has 0 fully saturated rings. The van der Waals surface area contributed by atoms with Gasteiger partial charge in [-0.15, -0.1) is 0 Å². The zero-order chi connectivity index (χ0) is 39.6. The number of aliphatic hydroxyl groups excluding tert-OH is 1. The van der Waals surface area contributed by atoms with Crippen molar-refractivity contribution in [3.63, 3.8) is 0 Å². The molecule has 290 valence electrons. The summed E-state index contributed by atoms with van der Waals surface area (Å²) in [5.74, 6) is -2.47. The zero-order valence-corrected chi connectivity index (χ0v) is 32.1. The molecule has 2 aliphatic carbocycles. The van der Waals surface area contributed by atoms with Gasteiger partial charge in [0.25, 0.3) is 0 Å². The third kappa shape index (κ3) is 12.3. The molecule has 54 heavy (non-hydrogen) atoms. The molecule has 0 radical (unpaired) electrons. The van der Waals surface area contributed by atoms with Gasteiger partial charge in [-0.1, -0.05) is 59.1 Å². The van der Waals surface area contributed by atoms with E-state index >= 15 is 0 Å². The Morgan fingerprint density at radius 1 is 0.815 bits per heavy atom. The van der Waals surface area contributed by atoms with Gasteiger partial charge in [-0.05, 0) is 37.1 Å². The van der Waals surface area contributed by atoms with Crippen molar-refractivity contribution in [3.8, 4) is 0 Å². The van der Waals surface area contributed by atoms with Crippen LogP contribution in [0.25, 0.3) is 5.57 Å². The number of anilines is 2. The summed E-state index contributed by atoms with van der Waals surface area (Å²) in [4.78, 5) is 64.1. The van der Waals surface area contributed by atoms with Crippen LogP contribution in [0.1, 0.15) is 84.6 Å². The minimum Gasteiger partial charge on any atom is -0.506 e. The van der Waals surface area contributed by atoms with Crippen LogP contribution in [0.3, 0.4) is 0 Å². The molecule has 12 heteroatoms. The van der Waals surface area contributed by atoms with E-state index < -0.39 is 17.7 Å². The number of carbonyl (C=O) groups excluding carboxylic acids is 5. The first kappa shape index (κ1) is 42.9. The largest absolute Gasteiger partial charge is 0.506 e. The van der Waals surface area contributed by atoms with Crippen molar-refractivity contribution in [3.05, 3.63) is 89.9 Å². The fraction of sp³-hybridized carbons (Fsp3) is 0.429. The van der Waals surface area contributed by atoms with Crippen LogP contribution in [0.4, 0.5) is 11.4 Å². The zero-order valence-electron chi connectivity index (χ0n) is 32.1. The maximum absolute atomic E-state index is 13.9. The molecular weight excluding hydrogens is 688 g/mol. The highest BCUT2D eigenvalue weighted by molar-refractivity contribution is 6.40. The number of nitrogens with zero attached hydrogens (tertiary/aromatic N) is 2. The number of rotatable bonds is 22. The maximum atomic E-state index is 13.9. The number of ether oxygens (including phenoxy) is 2. The van der Waals surface area contributed by atoms with Crippen LogP contribution in [-0.4, -0.2) is 84.3 Å². The van der Waals surface area contributed by atoms with Crippen molar-refractivity contribution in [2.75, 3.05) is 49.6 Å². The third-order valence-corrected chi connectivity index (χ3v) is 8.93. The van der Waals surface area contributed by atoms with Gasteiger partial charge in [-0.2, -0.15) is 0 Å². The van der Waals surface area contributed by atoms with Crippen molar-refractivity contribution in [1.82, 2.24) is 5.32 Å². The lowest BCUT2D eigenvalue weighted by atomic mass is 9.78. The summed E-state index contributed by atoms with van der Waals surface area (Å²) in [6, 6.07) is 5.24. The fourth-order valence-electron chi connectivity index (χ4n) is 6.21. The van der Waals surface area contributed by atoms with Gasteiger partial charge in [0.1, 0.15) is 25.5 Å². The third-order valence-electron chi connectivity index (χ3n) is 8.93. The van der Waals surface area contributed by atoms with Crippen molar-refractivity contribution in [1.29, 1.82) is 0 Å². The number of aliphatic hydroxyl groups is 1. The van der Waals surface area contributed by atoms with E-state index in [0.717, 1.165) is 74.9 Å². The van der Waals surface area contributed by atoms with Gasteiger partial charge >= 0.3 is 11.9 Å². The lowest BCUT2D eigenvalue weighted by Crippen LogP contribution is -2.31.